The van der Waals surface area contributed by atoms with Gasteiger partial charge in [0.15, 0.2) is 0 Å². The van der Waals surface area contributed by atoms with Crippen LogP contribution in [0.5, 0.6) is 0 Å². The van der Waals surface area contributed by atoms with E-state index in [2.05, 4.69) is 46.0 Å². The third kappa shape index (κ3) is 3.37. The summed E-state index contributed by atoms with van der Waals surface area (Å²) in [6.45, 7) is 3.07. The van der Waals surface area contributed by atoms with Crippen molar-refractivity contribution in [3.63, 3.8) is 0 Å². The molecule has 0 aliphatic carbocycles. The molecule has 0 N–H and O–H groups in total. The largest absolute Gasteiger partial charge is 0.295 e. The molecule has 0 aliphatic rings. The maximum Gasteiger partial charge on any atom is 0.142 e. The van der Waals surface area contributed by atoms with Crippen LogP contribution in [0.1, 0.15) is 23.4 Å². The SMILES string of the molecule is CC(c1ccncc1)N(C)Cc1cnc(-c2ccccn2)s1. The predicted octanol–water partition coefficient (Wildman–Crippen LogP) is 3.79. The monoisotopic (exact) mass is 310 g/mol. The van der Waals surface area contributed by atoms with Gasteiger partial charge in [-0.25, -0.2) is 4.98 Å². The molecule has 0 spiro atoms. The fourth-order valence-corrected chi connectivity index (χ4v) is 3.22. The Balaban J connectivity index is 1.70. The molecule has 0 aliphatic heterocycles. The molecule has 0 amide bonds. The highest BCUT2D eigenvalue weighted by molar-refractivity contribution is 7.14. The van der Waals surface area contributed by atoms with E-state index in [4.69, 9.17) is 0 Å². The van der Waals surface area contributed by atoms with E-state index in [1.807, 2.05) is 36.8 Å². The van der Waals surface area contributed by atoms with Crippen molar-refractivity contribution in [3.05, 3.63) is 65.6 Å². The number of aromatic nitrogens is 3. The van der Waals surface area contributed by atoms with Gasteiger partial charge in [0.1, 0.15) is 5.01 Å². The molecule has 0 saturated carbocycles. The molecule has 22 heavy (non-hydrogen) atoms. The van der Waals surface area contributed by atoms with E-state index >= 15 is 0 Å². The van der Waals surface area contributed by atoms with Crippen LogP contribution < -0.4 is 0 Å². The van der Waals surface area contributed by atoms with Crippen molar-refractivity contribution < 1.29 is 0 Å². The second-order valence-electron chi connectivity index (χ2n) is 5.22. The first-order valence-electron chi connectivity index (χ1n) is 7.20. The molecule has 3 rings (SSSR count). The van der Waals surface area contributed by atoms with Crippen LogP contribution in [0.2, 0.25) is 0 Å². The van der Waals surface area contributed by atoms with E-state index in [1.165, 1.54) is 10.4 Å². The van der Waals surface area contributed by atoms with Gasteiger partial charge < -0.3 is 0 Å². The minimum Gasteiger partial charge on any atom is -0.295 e. The molecule has 0 saturated heterocycles. The lowest BCUT2D eigenvalue weighted by Gasteiger charge is -2.24. The zero-order valence-electron chi connectivity index (χ0n) is 12.7. The summed E-state index contributed by atoms with van der Waals surface area (Å²) in [5, 5.41) is 0.973. The van der Waals surface area contributed by atoms with Gasteiger partial charge in [0.2, 0.25) is 0 Å². The maximum absolute atomic E-state index is 4.49. The lowest BCUT2D eigenvalue weighted by Crippen LogP contribution is -2.21. The normalized spacial score (nSPS) is 12.5. The molecule has 0 fully saturated rings. The lowest BCUT2D eigenvalue weighted by molar-refractivity contribution is 0.255. The number of pyridine rings is 2. The van der Waals surface area contributed by atoms with Crippen LogP contribution in [0.4, 0.5) is 0 Å². The summed E-state index contributed by atoms with van der Waals surface area (Å²) in [5.74, 6) is 0. The zero-order valence-corrected chi connectivity index (χ0v) is 13.5. The van der Waals surface area contributed by atoms with Crippen molar-refractivity contribution in [2.45, 2.75) is 19.5 Å². The van der Waals surface area contributed by atoms with Gasteiger partial charge in [-0.05, 0) is 43.8 Å². The van der Waals surface area contributed by atoms with Gasteiger partial charge in [-0.1, -0.05) is 6.07 Å². The van der Waals surface area contributed by atoms with Gasteiger partial charge in [0.05, 0.1) is 5.69 Å². The smallest absolute Gasteiger partial charge is 0.142 e. The van der Waals surface area contributed by atoms with Gasteiger partial charge in [-0.3, -0.25) is 14.9 Å². The Labute approximate surface area is 134 Å². The van der Waals surface area contributed by atoms with Crippen molar-refractivity contribution in [3.8, 4) is 10.7 Å². The van der Waals surface area contributed by atoms with E-state index in [1.54, 1.807) is 17.5 Å². The van der Waals surface area contributed by atoms with Gasteiger partial charge in [0.25, 0.3) is 0 Å². The Morgan fingerprint density at radius 2 is 1.91 bits per heavy atom. The standard InChI is InChI=1S/C17H18N4S/c1-13(14-6-9-18-10-7-14)21(2)12-15-11-20-17(22-15)16-5-3-4-8-19-16/h3-11,13H,12H2,1-2H3. The van der Waals surface area contributed by atoms with Gasteiger partial charge in [0, 0.05) is 42.3 Å². The number of rotatable bonds is 5. The van der Waals surface area contributed by atoms with Crippen molar-refractivity contribution >= 4 is 11.3 Å². The predicted molar refractivity (Wildman–Crippen MR) is 89.5 cm³/mol. The molecular weight excluding hydrogens is 292 g/mol. The summed E-state index contributed by atoms with van der Waals surface area (Å²) in [6, 6.07) is 10.4. The first-order chi connectivity index (χ1) is 10.7. The highest BCUT2D eigenvalue weighted by Gasteiger charge is 2.14. The first-order valence-corrected chi connectivity index (χ1v) is 8.02. The minimum atomic E-state index is 0.336. The fraction of sp³-hybridized carbons (Fsp3) is 0.235. The molecule has 0 aromatic carbocycles. The summed E-state index contributed by atoms with van der Waals surface area (Å²) in [5.41, 5.74) is 2.20. The summed E-state index contributed by atoms with van der Waals surface area (Å²) >= 11 is 1.70. The molecule has 1 atom stereocenters. The van der Waals surface area contributed by atoms with Crippen LogP contribution in [0.3, 0.4) is 0 Å². The number of hydrogen-bond acceptors (Lipinski definition) is 5. The minimum absolute atomic E-state index is 0.336. The Kier molecular flexibility index (Phi) is 4.56. The quantitative estimate of drug-likeness (QED) is 0.719. The number of nitrogens with zero attached hydrogens (tertiary/aromatic N) is 4. The Hall–Kier alpha value is -2.11. The highest BCUT2D eigenvalue weighted by atomic mass is 32.1. The summed E-state index contributed by atoms with van der Waals surface area (Å²) in [4.78, 5) is 16.5. The molecule has 0 radical (unpaired) electrons. The van der Waals surface area contributed by atoms with Crippen molar-refractivity contribution in [2.24, 2.45) is 0 Å². The van der Waals surface area contributed by atoms with Crippen molar-refractivity contribution in [2.75, 3.05) is 7.05 Å². The van der Waals surface area contributed by atoms with E-state index in [0.29, 0.717) is 6.04 Å². The molecule has 112 valence electrons. The molecule has 3 aromatic heterocycles. The van der Waals surface area contributed by atoms with E-state index in [-0.39, 0.29) is 0 Å². The Morgan fingerprint density at radius 1 is 1.09 bits per heavy atom. The van der Waals surface area contributed by atoms with E-state index in [9.17, 15) is 0 Å². The topological polar surface area (TPSA) is 41.9 Å². The molecule has 3 aromatic rings. The summed E-state index contributed by atoms with van der Waals surface area (Å²) in [7, 11) is 2.13. The average Bonchev–Trinajstić information content (AvgIpc) is 3.04. The van der Waals surface area contributed by atoms with Gasteiger partial charge in [-0.15, -0.1) is 11.3 Å². The van der Waals surface area contributed by atoms with Crippen LogP contribution in [0, 0.1) is 0 Å². The molecular formula is C17H18N4S. The Bertz CT molecular complexity index is 712. The fourth-order valence-electron chi connectivity index (χ4n) is 2.27. The summed E-state index contributed by atoms with van der Waals surface area (Å²) < 4.78 is 0. The third-order valence-electron chi connectivity index (χ3n) is 3.69. The summed E-state index contributed by atoms with van der Waals surface area (Å²) in [6.07, 6.45) is 7.43. The first kappa shape index (κ1) is 14.8. The van der Waals surface area contributed by atoms with E-state index in [0.717, 1.165) is 17.2 Å². The molecule has 5 heteroatoms. The highest BCUT2D eigenvalue weighted by Crippen LogP contribution is 2.26. The lowest BCUT2D eigenvalue weighted by atomic mass is 10.1. The number of hydrogen-bond donors (Lipinski definition) is 0. The van der Waals surface area contributed by atoms with E-state index < -0.39 is 0 Å². The van der Waals surface area contributed by atoms with Gasteiger partial charge in [-0.2, -0.15) is 0 Å². The van der Waals surface area contributed by atoms with Gasteiger partial charge >= 0.3 is 0 Å². The van der Waals surface area contributed by atoms with Crippen molar-refractivity contribution in [1.29, 1.82) is 0 Å². The van der Waals surface area contributed by atoms with Crippen LogP contribution in [-0.4, -0.2) is 26.9 Å². The molecule has 1 unspecified atom stereocenters. The molecule has 4 nitrogen and oxygen atoms in total. The zero-order chi connectivity index (χ0) is 15.4. The average molecular weight is 310 g/mol. The van der Waals surface area contributed by atoms with Crippen LogP contribution in [-0.2, 0) is 6.54 Å². The molecule has 0 bridgehead atoms. The number of thiazole rings is 1. The van der Waals surface area contributed by atoms with Crippen molar-refractivity contribution in [1.82, 2.24) is 19.9 Å². The third-order valence-corrected chi connectivity index (χ3v) is 4.70. The second-order valence-corrected chi connectivity index (χ2v) is 6.33. The van der Waals surface area contributed by atoms with Crippen LogP contribution >= 0.6 is 11.3 Å². The maximum atomic E-state index is 4.49. The van der Waals surface area contributed by atoms with Crippen LogP contribution in [0.25, 0.3) is 10.7 Å². The Morgan fingerprint density at radius 3 is 2.64 bits per heavy atom. The van der Waals surface area contributed by atoms with Crippen LogP contribution in [0.15, 0.2) is 55.1 Å². The molecule has 3 heterocycles. The second kappa shape index (κ2) is 6.77.